The van der Waals surface area contributed by atoms with Gasteiger partial charge >= 0.3 is 0 Å². The maximum atomic E-state index is 12.4. The molecule has 1 fully saturated rings. The number of pyridine rings is 1. The van der Waals surface area contributed by atoms with Gasteiger partial charge in [-0.3, -0.25) is 9.78 Å². The lowest BCUT2D eigenvalue weighted by Crippen LogP contribution is -2.46. The summed E-state index contributed by atoms with van der Waals surface area (Å²) in [4.78, 5) is 17.1. The standard InChI is InChI=1S/C13H19N3O3S/c1-11(17)15(2)12-5-8-16(9-6-12)20(18,19)13-4-3-7-14-10-13/h3-4,7,10,12H,5-6,8-9H2,1-2H3. The third-order valence-electron chi connectivity index (χ3n) is 3.74. The summed E-state index contributed by atoms with van der Waals surface area (Å²) >= 11 is 0. The minimum absolute atomic E-state index is 0.0126. The van der Waals surface area contributed by atoms with Crippen molar-refractivity contribution in [1.82, 2.24) is 14.2 Å². The molecule has 6 nitrogen and oxygen atoms in total. The van der Waals surface area contributed by atoms with Gasteiger partial charge in [-0.2, -0.15) is 4.31 Å². The average Bonchev–Trinajstić information content (AvgIpc) is 2.47. The number of carbonyl (C=O) groups is 1. The van der Waals surface area contributed by atoms with E-state index in [4.69, 9.17) is 0 Å². The summed E-state index contributed by atoms with van der Waals surface area (Å²) in [6, 6.07) is 3.28. The molecule has 2 heterocycles. The highest BCUT2D eigenvalue weighted by Crippen LogP contribution is 2.22. The fourth-order valence-corrected chi connectivity index (χ4v) is 3.81. The van der Waals surface area contributed by atoms with E-state index in [1.807, 2.05) is 0 Å². The molecule has 0 radical (unpaired) electrons. The Morgan fingerprint density at radius 2 is 2.05 bits per heavy atom. The van der Waals surface area contributed by atoms with Crippen molar-refractivity contribution in [3.05, 3.63) is 24.5 Å². The number of piperidine rings is 1. The van der Waals surface area contributed by atoms with E-state index in [9.17, 15) is 13.2 Å². The molecular weight excluding hydrogens is 278 g/mol. The van der Waals surface area contributed by atoms with Gasteiger partial charge in [-0.05, 0) is 25.0 Å². The average molecular weight is 297 g/mol. The fourth-order valence-electron chi connectivity index (χ4n) is 2.38. The highest BCUT2D eigenvalue weighted by Gasteiger charge is 2.31. The molecule has 110 valence electrons. The quantitative estimate of drug-likeness (QED) is 0.824. The second-order valence-electron chi connectivity index (χ2n) is 4.95. The zero-order valence-electron chi connectivity index (χ0n) is 11.7. The summed E-state index contributed by atoms with van der Waals surface area (Å²) in [5.41, 5.74) is 0. The second-order valence-corrected chi connectivity index (χ2v) is 6.89. The van der Waals surface area contributed by atoms with Crippen LogP contribution in [0.4, 0.5) is 0 Å². The lowest BCUT2D eigenvalue weighted by molar-refractivity contribution is -0.130. The zero-order chi connectivity index (χ0) is 14.8. The molecule has 1 aliphatic heterocycles. The Labute approximate surface area is 119 Å². The molecule has 0 spiro atoms. The molecule has 0 N–H and O–H groups in total. The van der Waals surface area contributed by atoms with Crippen LogP contribution in [0.5, 0.6) is 0 Å². The van der Waals surface area contributed by atoms with Crippen LogP contribution in [0.2, 0.25) is 0 Å². The van der Waals surface area contributed by atoms with E-state index in [1.165, 1.54) is 17.4 Å². The van der Waals surface area contributed by atoms with Crippen molar-refractivity contribution < 1.29 is 13.2 Å². The third-order valence-corrected chi connectivity index (χ3v) is 5.62. The molecule has 1 saturated heterocycles. The molecule has 20 heavy (non-hydrogen) atoms. The Kier molecular flexibility index (Phi) is 4.39. The Balaban J connectivity index is 2.06. The number of hydrogen-bond acceptors (Lipinski definition) is 4. The van der Waals surface area contributed by atoms with Gasteiger partial charge in [0, 0.05) is 45.5 Å². The molecule has 0 atom stereocenters. The first kappa shape index (κ1) is 14.9. The van der Waals surface area contributed by atoms with Gasteiger partial charge in [-0.25, -0.2) is 8.42 Å². The van der Waals surface area contributed by atoms with Crippen LogP contribution in [0.1, 0.15) is 19.8 Å². The van der Waals surface area contributed by atoms with Crippen LogP contribution in [0.15, 0.2) is 29.4 Å². The molecule has 0 bridgehead atoms. The van der Waals surface area contributed by atoms with Crippen molar-refractivity contribution in [3.63, 3.8) is 0 Å². The van der Waals surface area contributed by atoms with E-state index in [1.54, 1.807) is 30.3 Å². The second kappa shape index (κ2) is 5.88. The minimum atomic E-state index is -3.46. The van der Waals surface area contributed by atoms with Gasteiger partial charge in [0.15, 0.2) is 0 Å². The van der Waals surface area contributed by atoms with Gasteiger partial charge in [0.1, 0.15) is 4.90 Å². The Morgan fingerprint density at radius 3 is 2.55 bits per heavy atom. The predicted molar refractivity (Wildman–Crippen MR) is 74.5 cm³/mol. The number of amides is 1. The number of rotatable bonds is 3. The molecule has 1 aliphatic rings. The maximum Gasteiger partial charge on any atom is 0.244 e. The lowest BCUT2D eigenvalue weighted by atomic mass is 10.1. The fraction of sp³-hybridized carbons (Fsp3) is 0.538. The molecule has 0 aromatic carbocycles. The van der Waals surface area contributed by atoms with E-state index in [0.717, 1.165) is 0 Å². The molecule has 0 aliphatic carbocycles. The monoisotopic (exact) mass is 297 g/mol. The molecule has 1 aromatic rings. The Bertz CT molecular complexity index is 566. The Morgan fingerprint density at radius 1 is 1.40 bits per heavy atom. The summed E-state index contributed by atoms with van der Waals surface area (Å²) in [7, 11) is -1.70. The van der Waals surface area contributed by atoms with Gasteiger partial charge in [0.05, 0.1) is 0 Å². The van der Waals surface area contributed by atoms with E-state index >= 15 is 0 Å². The van der Waals surface area contributed by atoms with Crippen molar-refractivity contribution in [3.8, 4) is 0 Å². The molecule has 1 aromatic heterocycles. The van der Waals surface area contributed by atoms with Gasteiger partial charge in [0.25, 0.3) is 0 Å². The highest BCUT2D eigenvalue weighted by molar-refractivity contribution is 7.89. The van der Waals surface area contributed by atoms with E-state index in [2.05, 4.69) is 4.98 Å². The van der Waals surface area contributed by atoms with Crippen molar-refractivity contribution in [2.45, 2.75) is 30.7 Å². The van der Waals surface area contributed by atoms with Crippen molar-refractivity contribution in [2.75, 3.05) is 20.1 Å². The summed E-state index contributed by atoms with van der Waals surface area (Å²) in [5.74, 6) is 0.0126. The first-order valence-electron chi connectivity index (χ1n) is 6.56. The van der Waals surface area contributed by atoms with Crippen LogP contribution in [0.25, 0.3) is 0 Å². The van der Waals surface area contributed by atoms with E-state index in [0.29, 0.717) is 25.9 Å². The topological polar surface area (TPSA) is 70.6 Å². The summed E-state index contributed by atoms with van der Waals surface area (Å²) in [6.45, 7) is 2.39. The van der Waals surface area contributed by atoms with Crippen LogP contribution in [-0.2, 0) is 14.8 Å². The lowest BCUT2D eigenvalue weighted by Gasteiger charge is -2.35. The van der Waals surface area contributed by atoms with Crippen molar-refractivity contribution in [1.29, 1.82) is 0 Å². The Hall–Kier alpha value is -1.47. The minimum Gasteiger partial charge on any atom is -0.343 e. The van der Waals surface area contributed by atoms with Gasteiger partial charge in [-0.1, -0.05) is 0 Å². The van der Waals surface area contributed by atoms with Crippen molar-refractivity contribution in [2.24, 2.45) is 0 Å². The first-order chi connectivity index (χ1) is 9.43. The third kappa shape index (κ3) is 2.99. The largest absolute Gasteiger partial charge is 0.343 e. The molecule has 0 unspecified atom stereocenters. The van der Waals surface area contributed by atoms with E-state index < -0.39 is 10.0 Å². The summed E-state index contributed by atoms with van der Waals surface area (Å²) in [5, 5.41) is 0. The highest BCUT2D eigenvalue weighted by atomic mass is 32.2. The van der Waals surface area contributed by atoms with Crippen molar-refractivity contribution >= 4 is 15.9 Å². The molecule has 1 amide bonds. The smallest absolute Gasteiger partial charge is 0.244 e. The first-order valence-corrected chi connectivity index (χ1v) is 8.00. The number of nitrogens with zero attached hydrogens (tertiary/aromatic N) is 3. The molecule has 2 rings (SSSR count). The number of sulfonamides is 1. The van der Waals surface area contributed by atoms with Gasteiger partial charge in [0.2, 0.25) is 15.9 Å². The number of hydrogen-bond donors (Lipinski definition) is 0. The maximum absolute atomic E-state index is 12.4. The predicted octanol–water partition coefficient (Wildman–Crippen LogP) is 0.713. The normalized spacial score (nSPS) is 17.9. The van der Waals surface area contributed by atoms with Gasteiger partial charge < -0.3 is 4.90 Å². The summed E-state index contributed by atoms with van der Waals surface area (Å²) < 4.78 is 26.3. The number of aromatic nitrogens is 1. The van der Waals surface area contributed by atoms with Crippen LogP contribution in [-0.4, -0.2) is 54.7 Å². The van der Waals surface area contributed by atoms with Crippen LogP contribution in [0.3, 0.4) is 0 Å². The molecule has 7 heteroatoms. The SMILES string of the molecule is CC(=O)N(C)C1CCN(S(=O)(=O)c2cccnc2)CC1. The van der Waals surface area contributed by atoms with Gasteiger partial charge in [-0.15, -0.1) is 0 Å². The molecule has 0 saturated carbocycles. The van der Waals surface area contributed by atoms with Crippen LogP contribution < -0.4 is 0 Å². The zero-order valence-corrected chi connectivity index (χ0v) is 12.5. The van der Waals surface area contributed by atoms with Crippen LogP contribution >= 0.6 is 0 Å². The number of carbonyl (C=O) groups excluding carboxylic acids is 1. The summed E-state index contributed by atoms with van der Waals surface area (Å²) in [6.07, 6.45) is 4.24. The van der Waals surface area contributed by atoms with E-state index in [-0.39, 0.29) is 16.8 Å². The molecular formula is C13H19N3O3S. The van der Waals surface area contributed by atoms with Crippen LogP contribution in [0, 0.1) is 0 Å².